The number of hydrogen-bond donors (Lipinski definition) is 2. The predicted octanol–water partition coefficient (Wildman–Crippen LogP) is 3.72. The van der Waals surface area contributed by atoms with Crippen molar-refractivity contribution in [2.75, 3.05) is 53.6 Å². The average Bonchev–Trinajstić information content (AvgIpc) is 3.36. The summed E-state index contributed by atoms with van der Waals surface area (Å²) >= 11 is 0. The Balaban J connectivity index is 1.61. The normalized spacial score (nSPS) is 23.2. The van der Waals surface area contributed by atoms with Gasteiger partial charge in [-0.25, -0.2) is 0 Å². The lowest BCUT2D eigenvalue weighted by Crippen LogP contribution is -2.44. The van der Waals surface area contributed by atoms with Gasteiger partial charge in [0.25, 0.3) is 5.91 Å². The third-order valence-electron chi connectivity index (χ3n) is 8.53. The molecule has 1 aliphatic heterocycles. The summed E-state index contributed by atoms with van der Waals surface area (Å²) in [7, 11) is 3.62. The molecule has 2 fully saturated rings. The first-order chi connectivity index (χ1) is 18.7. The number of benzene rings is 1. The van der Waals surface area contributed by atoms with Crippen LogP contribution < -0.4 is 15.8 Å². The monoisotopic (exact) mass is 544 g/mol. The highest BCUT2D eigenvalue weighted by Crippen LogP contribution is 2.28. The summed E-state index contributed by atoms with van der Waals surface area (Å²) < 4.78 is 11.2. The Morgan fingerprint density at radius 2 is 1.77 bits per heavy atom. The van der Waals surface area contributed by atoms with Gasteiger partial charge in [0.2, 0.25) is 5.91 Å². The summed E-state index contributed by atoms with van der Waals surface area (Å²) in [6.07, 6.45) is 6.43. The van der Waals surface area contributed by atoms with E-state index < -0.39 is 0 Å². The van der Waals surface area contributed by atoms with Crippen LogP contribution in [-0.4, -0.2) is 87.2 Å². The second-order valence-electron chi connectivity index (χ2n) is 11.9. The van der Waals surface area contributed by atoms with E-state index in [9.17, 15) is 9.59 Å². The van der Waals surface area contributed by atoms with Gasteiger partial charge in [0.05, 0.1) is 6.61 Å². The average molecular weight is 545 g/mol. The van der Waals surface area contributed by atoms with E-state index in [4.69, 9.17) is 15.2 Å². The molecule has 2 amide bonds. The summed E-state index contributed by atoms with van der Waals surface area (Å²) in [4.78, 5) is 30.6. The second-order valence-corrected chi connectivity index (χ2v) is 11.9. The molecule has 3 rings (SSSR count). The largest absolute Gasteiger partial charge is 0.493 e. The van der Waals surface area contributed by atoms with Crippen molar-refractivity contribution in [3.63, 3.8) is 0 Å². The number of amides is 2. The van der Waals surface area contributed by atoms with Crippen LogP contribution in [0.4, 0.5) is 0 Å². The minimum absolute atomic E-state index is 0.0278. The number of nitrogens with two attached hydrogens (primary N) is 1. The third-order valence-corrected chi connectivity index (χ3v) is 8.53. The van der Waals surface area contributed by atoms with E-state index in [1.807, 2.05) is 35.0 Å². The summed E-state index contributed by atoms with van der Waals surface area (Å²) in [6.45, 7) is 10.5. The molecule has 3 N–H and O–H groups in total. The highest BCUT2D eigenvalue weighted by atomic mass is 16.5. The van der Waals surface area contributed by atoms with E-state index in [1.165, 1.54) is 0 Å². The molecule has 8 heteroatoms. The summed E-state index contributed by atoms with van der Waals surface area (Å²) in [6, 6.07) is 6.20. The molecule has 1 aliphatic carbocycles. The van der Waals surface area contributed by atoms with E-state index in [1.54, 1.807) is 7.11 Å². The number of carbonyl (C=O) groups excluding carboxylic acids is 2. The number of hydrogen-bond acceptors (Lipinski definition) is 6. The van der Waals surface area contributed by atoms with Crippen LogP contribution in [0.25, 0.3) is 0 Å². The van der Waals surface area contributed by atoms with Crippen LogP contribution in [0.15, 0.2) is 18.2 Å². The Hall–Kier alpha value is -2.16. The van der Waals surface area contributed by atoms with Crippen molar-refractivity contribution in [1.82, 2.24) is 15.1 Å². The molecule has 1 aromatic carbocycles. The summed E-state index contributed by atoms with van der Waals surface area (Å²) in [5.74, 6) is 2.10. The number of nitrogens with one attached hydrogen (secondary N) is 1. The topological polar surface area (TPSA) is 97.1 Å². The van der Waals surface area contributed by atoms with Crippen LogP contribution in [-0.2, 0) is 16.0 Å². The van der Waals surface area contributed by atoms with Gasteiger partial charge < -0.3 is 30.3 Å². The van der Waals surface area contributed by atoms with Crippen molar-refractivity contribution in [3.05, 3.63) is 29.3 Å². The lowest BCUT2D eigenvalue weighted by molar-refractivity contribution is -0.131. The van der Waals surface area contributed by atoms with Gasteiger partial charge in [0.15, 0.2) is 0 Å². The van der Waals surface area contributed by atoms with E-state index in [-0.39, 0.29) is 17.9 Å². The molecule has 1 saturated heterocycles. The molecule has 2 aliphatic rings. The number of carbonyl (C=O) groups is 2. The Kier molecular flexibility index (Phi) is 12.5. The molecule has 220 valence electrons. The Bertz CT molecular complexity index is 916. The number of rotatable bonds is 14. The van der Waals surface area contributed by atoms with Gasteiger partial charge >= 0.3 is 0 Å². The van der Waals surface area contributed by atoms with Gasteiger partial charge in [-0.2, -0.15) is 0 Å². The quantitative estimate of drug-likeness (QED) is 0.347. The van der Waals surface area contributed by atoms with E-state index in [0.717, 1.165) is 62.9 Å². The molecule has 1 saturated carbocycles. The molecule has 0 aromatic heterocycles. The molecule has 2 atom stereocenters. The first-order valence-electron chi connectivity index (χ1n) is 15.0. The molecule has 1 aromatic rings. The fraction of sp³-hybridized carbons (Fsp3) is 0.742. The van der Waals surface area contributed by atoms with Crippen molar-refractivity contribution in [1.29, 1.82) is 0 Å². The SMILES string of the molecule is CCc1ccc(C(=O)N(C[C@@H]2CNC[C@H]2CN(C)C(=O)CC2CCC(N)CC2)C(C)C)cc1OCCCOC. The van der Waals surface area contributed by atoms with Gasteiger partial charge in [-0.05, 0) is 81.4 Å². The van der Waals surface area contributed by atoms with Crippen LogP contribution in [0.3, 0.4) is 0 Å². The number of methoxy groups -OCH3 is 1. The zero-order chi connectivity index (χ0) is 28.4. The zero-order valence-corrected chi connectivity index (χ0v) is 24.9. The molecular formula is C31H52N4O4. The molecule has 0 unspecified atom stereocenters. The number of ether oxygens (including phenoxy) is 2. The molecular weight excluding hydrogens is 492 g/mol. The predicted molar refractivity (Wildman–Crippen MR) is 156 cm³/mol. The lowest BCUT2D eigenvalue weighted by atomic mass is 9.84. The van der Waals surface area contributed by atoms with Crippen molar-refractivity contribution in [2.45, 2.75) is 77.8 Å². The van der Waals surface area contributed by atoms with Crippen molar-refractivity contribution >= 4 is 11.8 Å². The van der Waals surface area contributed by atoms with Gasteiger partial charge in [-0.1, -0.05) is 13.0 Å². The van der Waals surface area contributed by atoms with Crippen LogP contribution in [0.5, 0.6) is 5.75 Å². The maximum absolute atomic E-state index is 13.7. The Morgan fingerprint density at radius 3 is 2.41 bits per heavy atom. The fourth-order valence-corrected chi connectivity index (χ4v) is 5.91. The maximum atomic E-state index is 13.7. The van der Waals surface area contributed by atoms with Crippen LogP contribution >= 0.6 is 0 Å². The highest BCUT2D eigenvalue weighted by Gasteiger charge is 2.33. The zero-order valence-electron chi connectivity index (χ0n) is 24.9. The highest BCUT2D eigenvalue weighted by molar-refractivity contribution is 5.95. The number of nitrogens with zero attached hydrogens (tertiary/aromatic N) is 2. The Labute approximate surface area is 236 Å². The molecule has 8 nitrogen and oxygen atoms in total. The minimum atomic E-state index is 0.0278. The fourth-order valence-electron chi connectivity index (χ4n) is 5.91. The van der Waals surface area contributed by atoms with Gasteiger partial charge in [0, 0.05) is 77.4 Å². The third kappa shape index (κ3) is 9.19. The first-order valence-corrected chi connectivity index (χ1v) is 15.0. The van der Waals surface area contributed by atoms with Crippen molar-refractivity contribution in [2.24, 2.45) is 23.5 Å². The smallest absolute Gasteiger partial charge is 0.254 e. The lowest BCUT2D eigenvalue weighted by Gasteiger charge is -2.33. The Morgan fingerprint density at radius 1 is 1.08 bits per heavy atom. The van der Waals surface area contributed by atoms with Gasteiger partial charge in [-0.15, -0.1) is 0 Å². The van der Waals surface area contributed by atoms with E-state index >= 15 is 0 Å². The second kappa shape index (κ2) is 15.6. The van der Waals surface area contributed by atoms with Crippen LogP contribution in [0.1, 0.15) is 75.2 Å². The minimum Gasteiger partial charge on any atom is -0.493 e. The molecule has 0 radical (unpaired) electrons. The maximum Gasteiger partial charge on any atom is 0.254 e. The summed E-state index contributed by atoms with van der Waals surface area (Å²) in [5.41, 5.74) is 7.80. The van der Waals surface area contributed by atoms with E-state index in [2.05, 4.69) is 26.1 Å². The standard InChI is InChI=1S/C31H52N4O4/c1-6-24-10-11-25(17-29(24)39-15-7-14-38-5)31(37)35(22(2)3)21-27-19-33-18-26(27)20-34(4)30(36)16-23-8-12-28(32)13-9-23/h10-11,17,22-23,26-28,33H,6-9,12-16,18-21,32H2,1-5H3/t23?,26-,27-,28?/m0/s1. The first kappa shape index (κ1) is 31.4. The molecule has 39 heavy (non-hydrogen) atoms. The van der Waals surface area contributed by atoms with Crippen LogP contribution in [0, 0.1) is 17.8 Å². The van der Waals surface area contributed by atoms with Gasteiger partial charge in [-0.3, -0.25) is 9.59 Å². The molecule has 1 heterocycles. The molecule has 0 spiro atoms. The van der Waals surface area contributed by atoms with Crippen molar-refractivity contribution < 1.29 is 19.1 Å². The van der Waals surface area contributed by atoms with Crippen LogP contribution in [0.2, 0.25) is 0 Å². The summed E-state index contributed by atoms with van der Waals surface area (Å²) in [5, 5.41) is 3.51. The van der Waals surface area contributed by atoms with E-state index in [0.29, 0.717) is 62.1 Å². The molecule has 0 bridgehead atoms. The van der Waals surface area contributed by atoms with Crippen molar-refractivity contribution in [3.8, 4) is 5.75 Å². The number of aryl methyl sites for hydroxylation is 1. The van der Waals surface area contributed by atoms with Gasteiger partial charge in [0.1, 0.15) is 5.75 Å².